The van der Waals surface area contributed by atoms with E-state index in [1.165, 1.54) is 12.1 Å². The lowest BCUT2D eigenvalue weighted by Crippen LogP contribution is -2.31. The number of sulfonamides is 1. The molecule has 0 aromatic heterocycles. The lowest BCUT2D eigenvalue weighted by Gasteiger charge is -2.17. The Kier molecular flexibility index (Phi) is 6.37. The monoisotopic (exact) mass is 388 g/mol. The third-order valence-electron chi connectivity index (χ3n) is 3.58. The van der Waals surface area contributed by atoms with Crippen LogP contribution >= 0.6 is 12.2 Å². The fraction of sp³-hybridized carbons (Fsp3) is 0.211. The second kappa shape index (κ2) is 8.32. The van der Waals surface area contributed by atoms with Crippen LogP contribution in [-0.4, -0.2) is 29.7 Å². The van der Waals surface area contributed by atoms with Crippen LogP contribution in [0.15, 0.2) is 53.4 Å². The van der Waals surface area contributed by atoms with E-state index >= 15 is 0 Å². The molecule has 0 heterocycles. The van der Waals surface area contributed by atoms with Gasteiger partial charge in [0.2, 0.25) is 0 Å². The zero-order chi connectivity index (χ0) is 19.3. The molecule has 1 atom stereocenters. The van der Waals surface area contributed by atoms with Crippen molar-refractivity contribution >= 4 is 32.9 Å². The van der Waals surface area contributed by atoms with Gasteiger partial charge >= 0.3 is 0 Å². The van der Waals surface area contributed by atoms with E-state index in [9.17, 15) is 13.6 Å². The van der Waals surface area contributed by atoms with Gasteiger partial charge < -0.3 is 0 Å². The van der Waals surface area contributed by atoms with Crippen molar-refractivity contribution in [2.75, 3.05) is 4.72 Å². The van der Waals surface area contributed by atoms with Gasteiger partial charge in [0.15, 0.2) is 0 Å². The van der Waals surface area contributed by atoms with Gasteiger partial charge in [0.25, 0.3) is 10.0 Å². The fourth-order valence-electron chi connectivity index (χ4n) is 2.07. The predicted molar refractivity (Wildman–Crippen MR) is 107 cm³/mol. The molecule has 0 saturated heterocycles. The zero-order valence-electron chi connectivity index (χ0n) is 14.7. The third-order valence-corrected chi connectivity index (χ3v) is 5.17. The van der Waals surface area contributed by atoms with Crippen LogP contribution in [0.2, 0.25) is 0 Å². The van der Waals surface area contributed by atoms with Crippen LogP contribution in [0.25, 0.3) is 0 Å². The van der Waals surface area contributed by atoms with Crippen molar-refractivity contribution in [3.8, 4) is 11.8 Å². The van der Waals surface area contributed by atoms with Crippen molar-refractivity contribution in [2.24, 2.45) is 0 Å². The molecular weight excluding hydrogens is 368 g/mol. The number of hydroxylamine groups is 2. The van der Waals surface area contributed by atoms with Gasteiger partial charge in [-0.1, -0.05) is 41.8 Å². The van der Waals surface area contributed by atoms with Crippen LogP contribution in [0.5, 0.6) is 0 Å². The van der Waals surface area contributed by atoms with E-state index in [0.29, 0.717) is 16.2 Å². The molecule has 136 valence electrons. The quantitative estimate of drug-likeness (QED) is 0.476. The molecule has 0 bridgehead atoms. The van der Waals surface area contributed by atoms with Crippen molar-refractivity contribution in [1.82, 2.24) is 5.06 Å². The number of rotatable bonds is 4. The van der Waals surface area contributed by atoms with Gasteiger partial charge in [0.1, 0.15) is 11.0 Å². The Morgan fingerprint density at radius 3 is 2.27 bits per heavy atom. The third kappa shape index (κ3) is 5.30. The van der Waals surface area contributed by atoms with Gasteiger partial charge in [0.05, 0.1) is 4.90 Å². The highest BCUT2D eigenvalue weighted by molar-refractivity contribution is 7.92. The molecule has 0 spiro atoms. The Bertz CT molecular complexity index is 941. The smallest absolute Gasteiger partial charge is 0.261 e. The highest BCUT2D eigenvalue weighted by Crippen LogP contribution is 2.17. The van der Waals surface area contributed by atoms with Crippen molar-refractivity contribution in [3.05, 3.63) is 59.7 Å². The van der Waals surface area contributed by atoms with Gasteiger partial charge in [-0.3, -0.25) is 9.93 Å². The lowest BCUT2D eigenvalue weighted by molar-refractivity contribution is -0.0279. The maximum Gasteiger partial charge on any atom is 0.261 e. The minimum Gasteiger partial charge on any atom is -0.287 e. The lowest BCUT2D eigenvalue weighted by atomic mass is 10.2. The summed E-state index contributed by atoms with van der Waals surface area (Å²) in [6, 6.07) is 12.9. The average molecular weight is 389 g/mol. The highest BCUT2D eigenvalue weighted by atomic mass is 32.2. The van der Waals surface area contributed by atoms with Crippen molar-refractivity contribution in [2.45, 2.75) is 31.7 Å². The van der Waals surface area contributed by atoms with Gasteiger partial charge in [-0.2, -0.15) is 0 Å². The summed E-state index contributed by atoms with van der Waals surface area (Å²) in [5.74, 6) is 5.74. The standard InChI is InChI=1S/C19H20N2O3S2/c1-14-4-10-18(11-5-14)20-26(23,24)19-12-8-17(9-13-19)7-6-15(2)21(22)16(3)25/h4-5,8-13,15,20,22H,1-3H3. The summed E-state index contributed by atoms with van der Waals surface area (Å²) in [5, 5.41) is 10.6. The van der Waals surface area contributed by atoms with E-state index in [2.05, 4.69) is 16.6 Å². The first-order chi connectivity index (χ1) is 12.2. The van der Waals surface area contributed by atoms with Crippen LogP contribution in [-0.2, 0) is 10.0 Å². The predicted octanol–water partition coefficient (Wildman–Crippen LogP) is 3.57. The summed E-state index contributed by atoms with van der Waals surface area (Å²) in [6.45, 7) is 5.25. The molecule has 2 aromatic carbocycles. The molecule has 0 fully saturated rings. The zero-order valence-corrected chi connectivity index (χ0v) is 16.4. The summed E-state index contributed by atoms with van der Waals surface area (Å²) in [6.07, 6.45) is 0. The summed E-state index contributed by atoms with van der Waals surface area (Å²) in [7, 11) is -3.66. The first-order valence-electron chi connectivity index (χ1n) is 7.89. The Labute approximate surface area is 159 Å². The Morgan fingerprint density at radius 2 is 1.73 bits per heavy atom. The summed E-state index contributed by atoms with van der Waals surface area (Å²) >= 11 is 4.88. The van der Waals surface area contributed by atoms with Crippen molar-refractivity contribution in [1.29, 1.82) is 0 Å². The number of hydrogen-bond acceptors (Lipinski definition) is 4. The molecule has 2 N–H and O–H groups in total. The first kappa shape index (κ1) is 19.9. The summed E-state index contributed by atoms with van der Waals surface area (Å²) in [5.41, 5.74) is 2.20. The molecule has 7 heteroatoms. The molecule has 26 heavy (non-hydrogen) atoms. The van der Waals surface area contributed by atoms with Crippen molar-refractivity contribution in [3.63, 3.8) is 0 Å². The van der Waals surface area contributed by atoms with Gasteiger partial charge in [-0.05, 0) is 57.2 Å². The molecule has 2 aromatic rings. The Morgan fingerprint density at radius 1 is 1.15 bits per heavy atom. The summed E-state index contributed by atoms with van der Waals surface area (Å²) < 4.78 is 27.4. The van der Waals surface area contributed by atoms with E-state index in [-0.39, 0.29) is 4.90 Å². The molecule has 0 amide bonds. The molecule has 1 unspecified atom stereocenters. The molecule has 2 rings (SSSR count). The minimum atomic E-state index is -3.66. The number of aryl methyl sites for hydroxylation is 1. The van der Waals surface area contributed by atoms with Crippen LogP contribution in [0, 0.1) is 18.8 Å². The van der Waals surface area contributed by atoms with Gasteiger partial charge in [-0.15, -0.1) is 0 Å². The SMILES string of the molecule is CC(=S)N(O)C(C)C#Cc1ccc(S(=O)(=O)Nc2ccc(C)cc2)cc1. The Balaban J connectivity index is 2.13. The number of nitrogens with one attached hydrogen (secondary N) is 1. The maximum atomic E-state index is 12.4. The van der Waals surface area contributed by atoms with E-state index < -0.39 is 16.1 Å². The largest absolute Gasteiger partial charge is 0.287 e. The fourth-order valence-corrected chi connectivity index (χ4v) is 3.29. The van der Waals surface area contributed by atoms with Crippen LogP contribution in [0.4, 0.5) is 5.69 Å². The number of anilines is 1. The van der Waals surface area contributed by atoms with Crippen LogP contribution in [0.3, 0.4) is 0 Å². The van der Waals surface area contributed by atoms with E-state index in [0.717, 1.165) is 10.6 Å². The second-order valence-electron chi connectivity index (χ2n) is 5.80. The Hall–Kier alpha value is -2.40. The van der Waals surface area contributed by atoms with E-state index in [1.807, 2.05) is 19.1 Å². The number of benzene rings is 2. The maximum absolute atomic E-state index is 12.4. The molecule has 0 aliphatic carbocycles. The molecule has 0 saturated carbocycles. The van der Waals surface area contributed by atoms with Crippen LogP contribution in [0.1, 0.15) is 25.0 Å². The molecule has 5 nitrogen and oxygen atoms in total. The number of thiocarbonyl (C=S) groups is 1. The highest BCUT2D eigenvalue weighted by Gasteiger charge is 2.14. The number of hydrogen-bond donors (Lipinski definition) is 2. The topological polar surface area (TPSA) is 69.6 Å². The second-order valence-corrected chi connectivity index (χ2v) is 8.08. The average Bonchev–Trinajstić information content (AvgIpc) is 2.61. The van der Waals surface area contributed by atoms with Gasteiger partial charge in [-0.25, -0.2) is 13.5 Å². The minimum absolute atomic E-state index is 0.148. The number of nitrogens with zero attached hydrogens (tertiary/aromatic N) is 1. The normalized spacial score (nSPS) is 11.8. The summed E-state index contributed by atoms with van der Waals surface area (Å²) in [4.78, 5) is 0.477. The molecule has 0 aliphatic rings. The molecular formula is C19H20N2O3S2. The van der Waals surface area contributed by atoms with Crippen LogP contribution < -0.4 is 4.72 Å². The van der Waals surface area contributed by atoms with E-state index in [1.54, 1.807) is 38.1 Å². The first-order valence-corrected chi connectivity index (χ1v) is 9.78. The molecule has 0 radical (unpaired) electrons. The van der Waals surface area contributed by atoms with E-state index in [4.69, 9.17) is 12.2 Å². The molecule has 0 aliphatic heterocycles. The van der Waals surface area contributed by atoms with Crippen molar-refractivity contribution < 1.29 is 13.6 Å². The van der Waals surface area contributed by atoms with Gasteiger partial charge in [0, 0.05) is 11.3 Å².